The van der Waals surface area contributed by atoms with Crippen molar-refractivity contribution in [1.29, 1.82) is 5.26 Å². The minimum Gasteiger partial charge on any atom is -0.478 e. The van der Waals surface area contributed by atoms with E-state index in [1.165, 1.54) is 12.3 Å². The summed E-state index contributed by atoms with van der Waals surface area (Å²) in [6.45, 7) is 4.13. The van der Waals surface area contributed by atoms with Crippen molar-refractivity contribution in [3.05, 3.63) is 53.5 Å². The van der Waals surface area contributed by atoms with Gasteiger partial charge in [-0.2, -0.15) is 5.26 Å². The molecule has 1 aromatic heterocycles. The van der Waals surface area contributed by atoms with Crippen molar-refractivity contribution in [2.45, 2.75) is 25.8 Å². The van der Waals surface area contributed by atoms with Gasteiger partial charge in [-0.1, -0.05) is 12.1 Å². The molecular weight excluding hydrogens is 268 g/mol. The summed E-state index contributed by atoms with van der Waals surface area (Å²) in [5.74, 6) is -0.457. The van der Waals surface area contributed by atoms with E-state index >= 15 is 0 Å². The van der Waals surface area contributed by atoms with Crippen molar-refractivity contribution in [2.24, 2.45) is 0 Å². The van der Waals surface area contributed by atoms with Crippen LogP contribution in [0, 0.1) is 11.3 Å². The zero-order chi connectivity index (χ0) is 15.5. The molecule has 21 heavy (non-hydrogen) atoms. The van der Waals surface area contributed by atoms with Gasteiger partial charge in [0.05, 0.1) is 23.6 Å². The number of furan rings is 1. The van der Waals surface area contributed by atoms with Gasteiger partial charge in [0.1, 0.15) is 12.0 Å². The molecule has 0 bridgehead atoms. The number of nitrogens with zero attached hydrogens (tertiary/aromatic N) is 1. The molecule has 0 aliphatic heterocycles. The Balaban J connectivity index is 2.01. The van der Waals surface area contributed by atoms with Gasteiger partial charge in [-0.3, -0.25) is 0 Å². The lowest BCUT2D eigenvalue weighted by Gasteiger charge is -2.16. The monoisotopic (exact) mass is 284 g/mol. The quantitative estimate of drug-likeness (QED) is 0.878. The lowest BCUT2D eigenvalue weighted by Crippen LogP contribution is -2.13. The Bertz CT molecular complexity index is 678. The number of rotatable bonds is 5. The van der Waals surface area contributed by atoms with Crippen molar-refractivity contribution in [3.63, 3.8) is 0 Å². The fourth-order valence-corrected chi connectivity index (χ4v) is 1.84. The largest absolute Gasteiger partial charge is 0.478 e. The standard InChI is InChI=1S/C16H16N2O3/c1-16(2,10-17)12-3-5-13(6-4-12)18-8-14-7-11(9-21-14)15(19)20/h3-7,9,18H,8H2,1-2H3,(H,19,20). The van der Waals surface area contributed by atoms with Gasteiger partial charge in [-0.15, -0.1) is 0 Å². The SMILES string of the molecule is CC(C)(C#N)c1ccc(NCc2cc(C(=O)O)co2)cc1. The van der Waals surface area contributed by atoms with E-state index in [9.17, 15) is 4.79 Å². The highest BCUT2D eigenvalue weighted by atomic mass is 16.4. The summed E-state index contributed by atoms with van der Waals surface area (Å²) in [6, 6.07) is 11.3. The van der Waals surface area contributed by atoms with E-state index in [-0.39, 0.29) is 5.56 Å². The third kappa shape index (κ3) is 3.42. The van der Waals surface area contributed by atoms with Crippen molar-refractivity contribution in [2.75, 3.05) is 5.32 Å². The second-order valence-electron chi connectivity index (χ2n) is 5.27. The predicted molar refractivity (Wildman–Crippen MR) is 78.1 cm³/mol. The van der Waals surface area contributed by atoms with Gasteiger partial charge >= 0.3 is 5.97 Å². The molecule has 1 aromatic carbocycles. The molecule has 5 nitrogen and oxygen atoms in total. The molecule has 0 saturated heterocycles. The Hall–Kier alpha value is -2.74. The summed E-state index contributed by atoms with van der Waals surface area (Å²) in [4.78, 5) is 10.7. The first kappa shape index (κ1) is 14.7. The van der Waals surface area contributed by atoms with E-state index < -0.39 is 11.4 Å². The smallest absolute Gasteiger partial charge is 0.338 e. The molecule has 5 heteroatoms. The Kier molecular flexibility index (Phi) is 3.99. The number of hydrogen-bond acceptors (Lipinski definition) is 4. The molecule has 0 saturated carbocycles. The van der Waals surface area contributed by atoms with Gasteiger partial charge in [0, 0.05) is 5.69 Å². The van der Waals surface area contributed by atoms with Gasteiger partial charge < -0.3 is 14.8 Å². The van der Waals surface area contributed by atoms with Crippen molar-refractivity contribution in [1.82, 2.24) is 0 Å². The average Bonchev–Trinajstić information content (AvgIpc) is 2.95. The Morgan fingerprint density at radius 2 is 2.05 bits per heavy atom. The van der Waals surface area contributed by atoms with Crippen molar-refractivity contribution < 1.29 is 14.3 Å². The topological polar surface area (TPSA) is 86.3 Å². The van der Waals surface area contributed by atoms with Crippen molar-refractivity contribution >= 4 is 11.7 Å². The maximum atomic E-state index is 10.7. The second-order valence-corrected chi connectivity index (χ2v) is 5.27. The zero-order valence-electron chi connectivity index (χ0n) is 11.9. The molecule has 108 valence electrons. The minimum absolute atomic E-state index is 0.137. The summed E-state index contributed by atoms with van der Waals surface area (Å²) in [7, 11) is 0. The molecule has 2 rings (SSSR count). The van der Waals surface area contributed by atoms with E-state index in [1.54, 1.807) is 0 Å². The van der Waals surface area contributed by atoms with E-state index in [1.807, 2.05) is 38.1 Å². The molecule has 0 radical (unpaired) electrons. The first-order valence-electron chi connectivity index (χ1n) is 6.49. The first-order valence-corrected chi connectivity index (χ1v) is 6.49. The number of nitriles is 1. The number of anilines is 1. The third-order valence-corrected chi connectivity index (χ3v) is 3.25. The van der Waals surface area contributed by atoms with Crippen LogP contribution in [0.25, 0.3) is 0 Å². The Morgan fingerprint density at radius 3 is 2.57 bits per heavy atom. The van der Waals surface area contributed by atoms with Gasteiger partial charge in [0.2, 0.25) is 0 Å². The van der Waals surface area contributed by atoms with Crippen LogP contribution in [-0.4, -0.2) is 11.1 Å². The summed E-state index contributed by atoms with van der Waals surface area (Å²) >= 11 is 0. The van der Waals surface area contributed by atoms with Crippen LogP contribution in [0.4, 0.5) is 5.69 Å². The average molecular weight is 284 g/mol. The molecule has 0 amide bonds. The predicted octanol–water partition coefficient (Wildman–Crippen LogP) is 3.39. The highest BCUT2D eigenvalue weighted by Crippen LogP contribution is 2.23. The summed E-state index contributed by atoms with van der Waals surface area (Å²) in [5, 5.41) is 21.0. The van der Waals surface area contributed by atoms with Crippen LogP contribution in [-0.2, 0) is 12.0 Å². The third-order valence-electron chi connectivity index (χ3n) is 3.25. The van der Waals surface area contributed by atoms with Crippen molar-refractivity contribution in [3.8, 4) is 6.07 Å². The summed E-state index contributed by atoms with van der Waals surface area (Å²) < 4.78 is 5.16. The van der Waals surface area contributed by atoms with Crippen LogP contribution < -0.4 is 5.32 Å². The lowest BCUT2D eigenvalue weighted by atomic mass is 9.86. The number of nitrogens with one attached hydrogen (secondary N) is 1. The highest BCUT2D eigenvalue weighted by molar-refractivity contribution is 5.87. The van der Waals surface area contributed by atoms with Gasteiger partial charge in [-0.05, 0) is 37.6 Å². The van der Waals surface area contributed by atoms with E-state index in [0.29, 0.717) is 12.3 Å². The number of hydrogen-bond donors (Lipinski definition) is 2. The zero-order valence-corrected chi connectivity index (χ0v) is 11.9. The number of carbonyl (C=O) groups is 1. The molecule has 1 heterocycles. The fourth-order valence-electron chi connectivity index (χ4n) is 1.84. The second kappa shape index (κ2) is 5.71. The van der Waals surface area contributed by atoms with Crippen LogP contribution in [0.2, 0.25) is 0 Å². The van der Waals surface area contributed by atoms with Crippen LogP contribution >= 0.6 is 0 Å². The fraction of sp³-hybridized carbons (Fsp3) is 0.250. The molecule has 0 aliphatic rings. The molecule has 0 atom stereocenters. The molecule has 0 fully saturated rings. The number of carboxylic acid groups (broad SMARTS) is 1. The van der Waals surface area contributed by atoms with Gasteiger partial charge in [0.15, 0.2) is 0 Å². The molecule has 0 aliphatic carbocycles. The highest BCUT2D eigenvalue weighted by Gasteiger charge is 2.19. The summed E-state index contributed by atoms with van der Waals surface area (Å²) in [5.41, 5.74) is 1.44. The minimum atomic E-state index is -1.01. The maximum absolute atomic E-state index is 10.7. The first-order chi connectivity index (χ1) is 9.92. The molecule has 2 aromatic rings. The van der Waals surface area contributed by atoms with Crippen LogP contribution in [0.1, 0.15) is 35.5 Å². The van der Waals surface area contributed by atoms with Crippen LogP contribution in [0.15, 0.2) is 41.0 Å². The Labute approximate surface area is 122 Å². The maximum Gasteiger partial charge on any atom is 0.338 e. The molecule has 2 N–H and O–H groups in total. The van der Waals surface area contributed by atoms with Gasteiger partial charge in [-0.25, -0.2) is 4.79 Å². The van der Waals surface area contributed by atoms with Gasteiger partial charge in [0.25, 0.3) is 0 Å². The normalized spacial score (nSPS) is 10.9. The lowest BCUT2D eigenvalue weighted by molar-refractivity contribution is 0.0696. The summed E-state index contributed by atoms with van der Waals surface area (Å²) in [6.07, 6.45) is 1.22. The number of aromatic carboxylic acids is 1. The number of benzene rings is 1. The van der Waals surface area contributed by atoms with E-state index in [0.717, 1.165) is 11.3 Å². The van der Waals surface area contributed by atoms with E-state index in [4.69, 9.17) is 14.8 Å². The molecule has 0 unspecified atom stereocenters. The van der Waals surface area contributed by atoms with Crippen LogP contribution in [0.5, 0.6) is 0 Å². The molecular formula is C16H16N2O3. The van der Waals surface area contributed by atoms with Crippen LogP contribution in [0.3, 0.4) is 0 Å². The van der Waals surface area contributed by atoms with E-state index in [2.05, 4.69) is 11.4 Å². The Morgan fingerprint density at radius 1 is 1.38 bits per heavy atom. The number of carboxylic acids is 1. The molecule has 0 spiro atoms.